The van der Waals surface area contributed by atoms with Gasteiger partial charge in [0.15, 0.2) is 0 Å². The van der Waals surface area contributed by atoms with Gasteiger partial charge in [0.2, 0.25) is 0 Å². The topological polar surface area (TPSA) is 41.1 Å². The average Bonchev–Trinajstić information content (AvgIpc) is 2.60. The third-order valence-corrected chi connectivity index (χ3v) is 5.41. The van der Waals surface area contributed by atoms with E-state index in [0.29, 0.717) is 0 Å². The van der Waals surface area contributed by atoms with Gasteiger partial charge in [-0.3, -0.25) is 4.31 Å². The highest BCUT2D eigenvalue weighted by atomic mass is 33.2. The normalized spacial score (nSPS) is 25.2. The molecule has 5 heteroatoms. The number of hydrogen-bond donors (Lipinski definition) is 3. The molecule has 0 aromatic carbocycles. The summed E-state index contributed by atoms with van der Waals surface area (Å²) in [6.45, 7) is 2.16. The monoisotopic (exact) mass is 221 g/mol. The Hall–Kier alpha value is 0.160. The third-order valence-electron chi connectivity index (χ3n) is 1.98. The summed E-state index contributed by atoms with van der Waals surface area (Å²) < 4.78 is 2.35. The highest BCUT2D eigenvalue weighted by molar-refractivity contribution is 9.01. The standard InChI is InChI=1S/C8H19N3S2/c1-13(2,3,9)12-11-7-4-5-10-6-8(7)11/h10,13H,4-6,9H2,1-3H3. The SMILES string of the molecule is C[SH](C)(C)(N)SN1C2=C1CNCC2. The predicted octanol–water partition coefficient (Wildman–Crippen LogP) is 0.906. The van der Waals surface area contributed by atoms with Crippen LogP contribution >= 0.6 is 19.4 Å². The first-order valence-corrected chi connectivity index (χ1v) is 9.60. The van der Waals surface area contributed by atoms with Gasteiger partial charge in [-0.05, 0) is 29.7 Å². The van der Waals surface area contributed by atoms with Crippen LogP contribution < -0.4 is 10.5 Å². The van der Waals surface area contributed by atoms with Crippen molar-refractivity contribution in [2.45, 2.75) is 6.42 Å². The summed E-state index contributed by atoms with van der Waals surface area (Å²) in [7, 11) is -0.0725. The molecule has 0 spiro atoms. The van der Waals surface area contributed by atoms with E-state index in [1.54, 1.807) is 0 Å². The zero-order valence-electron chi connectivity index (χ0n) is 8.50. The van der Waals surface area contributed by atoms with Crippen LogP contribution in [0.5, 0.6) is 0 Å². The highest BCUT2D eigenvalue weighted by Gasteiger charge is 2.39. The van der Waals surface area contributed by atoms with E-state index in [1.165, 1.54) is 17.8 Å². The van der Waals surface area contributed by atoms with Crippen LogP contribution in [-0.2, 0) is 0 Å². The van der Waals surface area contributed by atoms with Crippen LogP contribution in [0.15, 0.2) is 11.4 Å². The number of nitrogens with zero attached hydrogens (tertiary/aromatic N) is 1. The Kier molecular flexibility index (Phi) is 1.94. The molecule has 78 valence electrons. The van der Waals surface area contributed by atoms with Gasteiger partial charge >= 0.3 is 0 Å². The summed E-state index contributed by atoms with van der Waals surface area (Å²) in [6.07, 6.45) is 7.74. The number of nitrogens with two attached hydrogens (primary N) is 1. The minimum Gasteiger partial charge on any atom is -0.311 e. The second-order valence-electron chi connectivity index (χ2n) is 4.97. The van der Waals surface area contributed by atoms with Crippen LogP contribution in [0.1, 0.15) is 6.42 Å². The van der Waals surface area contributed by atoms with Crippen LogP contribution in [0.3, 0.4) is 0 Å². The molecular formula is C8H19N3S2. The summed E-state index contributed by atoms with van der Waals surface area (Å²) >= 11 is 0. The molecule has 0 saturated carbocycles. The van der Waals surface area contributed by atoms with Gasteiger partial charge in [-0.15, -0.1) is 0 Å². The zero-order chi connectivity index (χ0) is 9.71. The summed E-state index contributed by atoms with van der Waals surface area (Å²) in [6, 6.07) is 0. The Morgan fingerprint density at radius 1 is 1.38 bits per heavy atom. The first-order valence-electron chi connectivity index (χ1n) is 4.58. The molecule has 0 amide bonds. The van der Waals surface area contributed by atoms with Gasteiger partial charge in [0.1, 0.15) is 0 Å². The van der Waals surface area contributed by atoms with Crippen molar-refractivity contribution in [1.82, 2.24) is 9.62 Å². The molecule has 2 rings (SSSR count). The summed E-state index contributed by atoms with van der Waals surface area (Å²) in [5.41, 5.74) is 3.00. The zero-order valence-corrected chi connectivity index (χ0v) is 10.2. The van der Waals surface area contributed by atoms with E-state index >= 15 is 0 Å². The molecular weight excluding hydrogens is 202 g/mol. The minimum absolute atomic E-state index is 1.04. The molecule has 2 heterocycles. The van der Waals surface area contributed by atoms with Crippen molar-refractivity contribution in [3.63, 3.8) is 0 Å². The van der Waals surface area contributed by atoms with Crippen molar-refractivity contribution in [2.75, 3.05) is 31.9 Å². The number of nitrogens with one attached hydrogen (secondary N) is 1. The quantitative estimate of drug-likeness (QED) is 0.368. The maximum atomic E-state index is 6.28. The first kappa shape index (κ1) is 9.71. The van der Waals surface area contributed by atoms with Gasteiger partial charge in [-0.2, -0.15) is 0 Å². The fourth-order valence-corrected chi connectivity index (χ4v) is 4.89. The number of hydrogen-bond acceptors (Lipinski definition) is 4. The molecule has 0 saturated heterocycles. The van der Waals surface area contributed by atoms with E-state index in [0.717, 1.165) is 13.1 Å². The van der Waals surface area contributed by atoms with Crippen LogP contribution in [0.25, 0.3) is 0 Å². The molecule has 0 fully saturated rings. The van der Waals surface area contributed by atoms with Gasteiger partial charge in [0, 0.05) is 19.5 Å². The van der Waals surface area contributed by atoms with Crippen LogP contribution in [-0.4, -0.2) is 36.2 Å². The van der Waals surface area contributed by atoms with Gasteiger partial charge in [-0.25, -0.2) is 8.38 Å². The third kappa shape index (κ3) is 2.34. The first-order chi connectivity index (χ1) is 5.83. The fraction of sp³-hybridized carbons (Fsp3) is 0.750. The van der Waals surface area contributed by atoms with Crippen molar-refractivity contribution in [3.8, 4) is 0 Å². The van der Waals surface area contributed by atoms with Gasteiger partial charge in [0.25, 0.3) is 0 Å². The summed E-state index contributed by atoms with van der Waals surface area (Å²) in [4.78, 5) is 0. The van der Waals surface area contributed by atoms with E-state index in [1.807, 2.05) is 11.0 Å². The largest absolute Gasteiger partial charge is 0.311 e. The molecule has 0 atom stereocenters. The second-order valence-corrected chi connectivity index (χ2v) is 15.4. The van der Waals surface area contributed by atoms with Crippen molar-refractivity contribution in [3.05, 3.63) is 11.4 Å². The second kappa shape index (κ2) is 2.59. The molecule has 2 aliphatic rings. The Morgan fingerprint density at radius 2 is 2.08 bits per heavy atom. The van der Waals surface area contributed by atoms with E-state index in [9.17, 15) is 0 Å². The molecule has 13 heavy (non-hydrogen) atoms. The molecule has 3 nitrogen and oxygen atoms in total. The summed E-state index contributed by atoms with van der Waals surface area (Å²) in [5.74, 6) is 0. The minimum atomic E-state index is -1.93. The van der Waals surface area contributed by atoms with Crippen molar-refractivity contribution in [1.29, 1.82) is 0 Å². The Labute approximate surface area is 84.1 Å². The van der Waals surface area contributed by atoms with E-state index in [-0.39, 0.29) is 0 Å². The lowest BCUT2D eigenvalue weighted by Gasteiger charge is -2.46. The number of thiol groups is 1. The molecule has 0 aliphatic carbocycles. The van der Waals surface area contributed by atoms with Crippen LogP contribution in [0.2, 0.25) is 0 Å². The molecule has 0 unspecified atom stereocenters. The van der Waals surface area contributed by atoms with Crippen LogP contribution in [0.4, 0.5) is 0 Å². The van der Waals surface area contributed by atoms with Gasteiger partial charge in [0.05, 0.1) is 11.4 Å². The molecule has 0 bridgehead atoms. The molecule has 0 radical (unpaired) electrons. The molecule has 0 aromatic heterocycles. The maximum Gasteiger partial charge on any atom is 0.0646 e. The molecule has 2 aliphatic heterocycles. The lowest BCUT2D eigenvalue weighted by atomic mass is 10.3. The fourth-order valence-electron chi connectivity index (χ4n) is 1.44. The number of rotatable bonds is 2. The Morgan fingerprint density at radius 3 is 2.54 bits per heavy atom. The summed E-state index contributed by atoms with van der Waals surface area (Å²) in [5, 5.41) is 9.64. The smallest absolute Gasteiger partial charge is 0.0646 e. The lowest BCUT2D eigenvalue weighted by molar-refractivity contribution is 0.728. The van der Waals surface area contributed by atoms with E-state index < -0.39 is 8.38 Å². The van der Waals surface area contributed by atoms with Crippen LogP contribution in [0, 0.1) is 0 Å². The molecule has 3 N–H and O–H groups in total. The Bertz CT molecular complexity index is 252. The van der Waals surface area contributed by atoms with Crippen molar-refractivity contribution >= 4 is 19.4 Å². The van der Waals surface area contributed by atoms with E-state index in [4.69, 9.17) is 5.14 Å². The Balaban J connectivity index is 1.95. The predicted molar refractivity (Wildman–Crippen MR) is 64.9 cm³/mol. The van der Waals surface area contributed by atoms with Gasteiger partial charge < -0.3 is 10.5 Å². The van der Waals surface area contributed by atoms with Gasteiger partial charge in [-0.1, -0.05) is 0 Å². The van der Waals surface area contributed by atoms with Crippen molar-refractivity contribution < 1.29 is 0 Å². The van der Waals surface area contributed by atoms with Crippen molar-refractivity contribution in [2.24, 2.45) is 5.14 Å². The lowest BCUT2D eigenvalue weighted by Crippen LogP contribution is -2.21. The maximum absolute atomic E-state index is 6.28. The molecule has 0 aromatic rings. The average molecular weight is 221 g/mol. The highest BCUT2D eigenvalue weighted by Crippen LogP contribution is 2.69. The van der Waals surface area contributed by atoms with E-state index in [2.05, 4.69) is 28.4 Å².